The summed E-state index contributed by atoms with van der Waals surface area (Å²) in [6.45, 7) is 3.23. The Morgan fingerprint density at radius 1 is 1.16 bits per heavy atom. The van der Waals surface area contributed by atoms with Crippen LogP contribution in [0.4, 0.5) is 30.6 Å². The Hall–Kier alpha value is -2.06. The summed E-state index contributed by atoms with van der Waals surface area (Å²) < 4.78 is 38.8. The Bertz CT molecular complexity index is 734. The largest absolute Gasteiger partial charge is 0.417 e. The summed E-state index contributed by atoms with van der Waals surface area (Å²) in [6.07, 6.45) is -4.52. The van der Waals surface area contributed by atoms with Gasteiger partial charge in [0, 0.05) is 30.5 Å². The van der Waals surface area contributed by atoms with Gasteiger partial charge in [-0.3, -0.25) is 0 Å². The fourth-order valence-electron chi connectivity index (χ4n) is 2.07. The van der Waals surface area contributed by atoms with Crippen molar-refractivity contribution in [3.8, 4) is 0 Å². The van der Waals surface area contributed by atoms with E-state index in [9.17, 15) is 13.2 Å². The van der Waals surface area contributed by atoms with Crippen molar-refractivity contribution in [1.29, 1.82) is 0 Å². The van der Waals surface area contributed by atoms with Crippen molar-refractivity contribution in [2.45, 2.75) is 13.1 Å². The van der Waals surface area contributed by atoms with Crippen LogP contribution < -0.4 is 10.6 Å². The monoisotopic (exact) mass is 373 g/mol. The smallest absolute Gasteiger partial charge is 0.353 e. The van der Waals surface area contributed by atoms with Gasteiger partial charge in [0.25, 0.3) is 0 Å². The molecule has 9 heteroatoms. The molecule has 0 unspecified atom stereocenters. The first-order valence-electron chi connectivity index (χ1n) is 7.53. The van der Waals surface area contributed by atoms with E-state index in [4.69, 9.17) is 11.6 Å². The molecule has 0 amide bonds. The molecule has 2 aromatic rings. The lowest BCUT2D eigenvalue weighted by atomic mass is 10.2. The van der Waals surface area contributed by atoms with Crippen molar-refractivity contribution < 1.29 is 13.2 Å². The Balaban J connectivity index is 2.18. The van der Waals surface area contributed by atoms with Crippen molar-refractivity contribution in [3.05, 3.63) is 40.5 Å². The van der Waals surface area contributed by atoms with Crippen LogP contribution in [-0.4, -0.2) is 42.1 Å². The molecule has 2 N–H and O–H groups in total. The Kier molecular flexibility index (Phi) is 6.07. The number of aryl methyl sites for hydroxylation is 1. The van der Waals surface area contributed by atoms with Gasteiger partial charge in [0.1, 0.15) is 5.82 Å². The predicted molar refractivity (Wildman–Crippen MR) is 93.5 cm³/mol. The first-order valence-corrected chi connectivity index (χ1v) is 7.91. The molecule has 0 radical (unpaired) electrons. The van der Waals surface area contributed by atoms with E-state index in [-0.39, 0.29) is 10.7 Å². The van der Waals surface area contributed by atoms with Gasteiger partial charge >= 0.3 is 6.18 Å². The van der Waals surface area contributed by atoms with Gasteiger partial charge in [-0.1, -0.05) is 11.6 Å². The molecular formula is C16H19ClF3N5. The van der Waals surface area contributed by atoms with E-state index in [1.165, 1.54) is 12.1 Å². The fourth-order valence-corrected chi connectivity index (χ4v) is 2.30. The molecule has 0 saturated heterocycles. The zero-order valence-electron chi connectivity index (χ0n) is 14.1. The van der Waals surface area contributed by atoms with Crippen molar-refractivity contribution >= 4 is 29.1 Å². The molecule has 1 heterocycles. The number of likely N-dealkylation sites (N-methyl/N-ethyl adjacent to an activating group) is 1. The third-order valence-corrected chi connectivity index (χ3v) is 3.57. The van der Waals surface area contributed by atoms with Crippen LogP contribution in [0.25, 0.3) is 0 Å². The molecule has 0 aliphatic carbocycles. The molecule has 0 fully saturated rings. The number of halogens is 4. The van der Waals surface area contributed by atoms with Crippen LogP contribution >= 0.6 is 11.6 Å². The molecule has 5 nitrogen and oxygen atoms in total. The molecular weight excluding hydrogens is 355 g/mol. The number of alkyl halides is 3. The Morgan fingerprint density at radius 2 is 1.88 bits per heavy atom. The normalized spacial score (nSPS) is 11.7. The van der Waals surface area contributed by atoms with Crippen LogP contribution in [0.15, 0.2) is 24.3 Å². The molecule has 2 rings (SSSR count). The molecule has 0 aliphatic rings. The predicted octanol–water partition coefficient (Wildman–Crippen LogP) is 4.17. The van der Waals surface area contributed by atoms with Gasteiger partial charge in [-0.25, -0.2) is 4.98 Å². The summed E-state index contributed by atoms with van der Waals surface area (Å²) in [4.78, 5) is 10.5. The van der Waals surface area contributed by atoms with Gasteiger partial charge in [-0.05, 0) is 39.2 Å². The summed E-state index contributed by atoms with van der Waals surface area (Å²) in [5.41, 5.74) is 0.0400. The first kappa shape index (κ1) is 19.3. The van der Waals surface area contributed by atoms with E-state index in [2.05, 4.69) is 20.6 Å². The van der Waals surface area contributed by atoms with E-state index >= 15 is 0 Å². The SMILES string of the molecule is Cc1cc(Nc2ccc(Cl)c(C(F)(F)F)c2)nc(NCCN(C)C)n1. The van der Waals surface area contributed by atoms with E-state index in [0.717, 1.165) is 12.6 Å². The van der Waals surface area contributed by atoms with Gasteiger partial charge < -0.3 is 15.5 Å². The lowest BCUT2D eigenvalue weighted by Crippen LogP contribution is -2.21. The topological polar surface area (TPSA) is 53.1 Å². The van der Waals surface area contributed by atoms with Gasteiger partial charge in [-0.2, -0.15) is 18.2 Å². The van der Waals surface area contributed by atoms with Crippen LogP contribution in [0, 0.1) is 6.92 Å². The Labute approximate surface area is 149 Å². The zero-order valence-corrected chi connectivity index (χ0v) is 14.8. The number of anilines is 3. The average Bonchev–Trinajstić information content (AvgIpc) is 2.47. The van der Waals surface area contributed by atoms with Crippen LogP contribution in [0.5, 0.6) is 0 Å². The quantitative estimate of drug-likeness (QED) is 0.795. The van der Waals surface area contributed by atoms with Crippen molar-refractivity contribution in [2.75, 3.05) is 37.8 Å². The molecule has 1 aromatic carbocycles. The highest BCUT2D eigenvalue weighted by atomic mass is 35.5. The average molecular weight is 374 g/mol. The van der Waals surface area contributed by atoms with Crippen molar-refractivity contribution in [3.63, 3.8) is 0 Å². The van der Waals surface area contributed by atoms with E-state index in [1.54, 1.807) is 13.0 Å². The van der Waals surface area contributed by atoms with E-state index in [0.29, 0.717) is 24.0 Å². The summed E-state index contributed by atoms with van der Waals surface area (Å²) in [5.74, 6) is 0.810. The van der Waals surface area contributed by atoms with Gasteiger partial charge in [0.15, 0.2) is 0 Å². The highest BCUT2D eigenvalue weighted by molar-refractivity contribution is 6.31. The molecule has 0 spiro atoms. The number of hydrogen-bond acceptors (Lipinski definition) is 5. The minimum absolute atomic E-state index is 0.245. The van der Waals surface area contributed by atoms with Crippen molar-refractivity contribution in [1.82, 2.24) is 14.9 Å². The number of aromatic nitrogens is 2. The third kappa shape index (κ3) is 5.75. The number of hydrogen-bond donors (Lipinski definition) is 2. The lowest BCUT2D eigenvalue weighted by molar-refractivity contribution is -0.137. The van der Waals surface area contributed by atoms with Gasteiger partial charge in [0.2, 0.25) is 5.95 Å². The van der Waals surface area contributed by atoms with Crippen LogP contribution in [0.3, 0.4) is 0 Å². The van der Waals surface area contributed by atoms with E-state index < -0.39 is 11.7 Å². The second-order valence-electron chi connectivity index (χ2n) is 5.77. The van der Waals surface area contributed by atoms with Crippen LogP contribution in [0.1, 0.15) is 11.3 Å². The Morgan fingerprint density at radius 3 is 2.52 bits per heavy atom. The third-order valence-electron chi connectivity index (χ3n) is 3.24. The lowest BCUT2D eigenvalue weighted by Gasteiger charge is -2.14. The number of nitrogens with zero attached hydrogens (tertiary/aromatic N) is 3. The highest BCUT2D eigenvalue weighted by Gasteiger charge is 2.33. The molecule has 0 aliphatic heterocycles. The molecule has 136 valence electrons. The molecule has 0 saturated carbocycles. The summed E-state index contributed by atoms with van der Waals surface area (Å²) in [7, 11) is 3.90. The fraction of sp³-hybridized carbons (Fsp3) is 0.375. The van der Waals surface area contributed by atoms with E-state index in [1.807, 2.05) is 19.0 Å². The number of benzene rings is 1. The standard InChI is InChI=1S/C16H19ClF3N5/c1-10-8-14(24-15(22-10)21-6-7-25(2)3)23-11-4-5-13(17)12(9-11)16(18,19)20/h4-5,8-9H,6-7H2,1-3H3,(H2,21,22,23,24). The van der Waals surface area contributed by atoms with Crippen LogP contribution in [-0.2, 0) is 6.18 Å². The number of nitrogens with one attached hydrogen (secondary N) is 2. The molecule has 0 bridgehead atoms. The maximum Gasteiger partial charge on any atom is 0.417 e. The van der Waals surface area contributed by atoms with Gasteiger partial charge in [-0.15, -0.1) is 0 Å². The maximum atomic E-state index is 12.9. The first-order chi connectivity index (χ1) is 11.6. The summed E-state index contributed by atoms with van der Waals surface area (Å²) >= 11 is 5.63. The minimum atomic E-state index is -4.52. The summed E-state index contributed by atoms with van der Waals surface area (Å²) in [5, 5.41) is 5.60. The zero-order chi connectivity index (χ0) is 18.6. The molecule has 0 atom stereocenters. The second kappa shape index (κ2) is 7.88. The summed E-state index contributed by atoms with van der Waals surface area (Å²) in [6, 6.07) is 5.28. The molecule has 25 heavy (non-hydrogen) atoms. The second-order valence-corrected chi connectivity index (χ2v) is 6.17. The number of rotatable bonds is 6. The van der Waals surface area contributed by atoms with Crippen LogP contribution in [0.2, 0.25) is 5.02 Å². The van der Waals surface area contributed by atoms with Crippen molar-refractivity contribution in [2.24, 2.45) is 0 Å². The maximum absolute atomic E-state index is 12.9. The minimum Gasteiger partial charge on any atom is -0.353 e. The molecule has 1 aromatic heterocycles. The van der Waals surface area contributed by atoms with Gasteiger partial charge in [0.05, 0.1) is 10.6 Å². The highest BCUT2D eigenvalue weighted by Crippen LogP contribution is 2.36.